The number of rotatable bonds is 2. The molecule has 0 aliphatic carbocycles. The second-order valence-corrected chi connectivity index (χ2v) is 8.66. The third-order valence-corrected chi connectivity index (χ3v) is 5.54. The number of amides is 1. The van der Waals surface area contributed by atoms with Crippen LogP contribution in [0.4, 0.5) is 0 Å². The molecule has 1 amide bonds. The highest BCUT2D eigenvalue weighted by atomic mass is 16.2. The molecule has 2 aromatic heterocycles. The molecular weight excluding hydrogens is 336 g/mol. The van der Waals surface area contributed by atoms with Gasteiger partial charge in [-0.15, -0.1) is 0 Å². The number of aryl methyl sites for hydroxylation is 1. The first-order valence-corrected chi connectivity index (χ1v) is 9.76. The predicted molar refractivity (Wildman–Crippen MR) is 108 cm³/mol. The van der Waals surface area contributed by atoms with E-state index in [1.54, 1.807) is 0 Å². The molecule has 142 valence electrons. The summed E-state index contributed by atoms with van der Waals surface area (Å²) in [5, 5.41) is 0. The Kier molecular flexibility index (Phi) is 4.33. The van der Waals surface area contributed by atoms with E-state index < -0.39 is 0 Å². The van der Waals surface area contributed by atoms with Crippen LogP contribution < -0.4 is 0 Å². The number of H-pyrrole nitrogens is 1. The fraction of sp³-hybridized carbons (Fsp3) is 0.455. The largest absolute Gasteiger partial charge is 0.348 e. The second kappa shape index (κ2) is 6.55. The number of aromatic amines is 1. The van der Waals surface area contributed by atoms with Gasteiger partial charge in [-0.2, -0.15) is 0 Å². The molecule has 0 radical (unpaired) electrons. The summed E-state index contributed by atoms with van der Waals surface area (Å²) in [4.78, 5) is 23.3. The number of imidazole rings is 1. The monoisotopic (exact) mass is 364 g/mol. The highest BCUT2D eigenvalue weighted by molar-refractivity contribution is 5.94. The Morgan fingerprint density at radius 1 is 1.26 bits per heavy atom. The molecule has 1 aliphatic heterocycles. The van der Waals surface area contributed by atoms with Crippen molar-refractivity contribution in [2.75, 3.05) is 13.1 Å². The fourth-order valence-electron chi connectivity index (χ4n) is 3.90. The van der Waals surface area contributed by atoms with Gasteiger partial charge in [0.1, 0.15) is 5.82 Å². The number of likely N-dealkylation sites (tertiary alicyclic amines) is 1. The summed E-state index contributed by atoms with van der Waals surface area (Å²) in [5.74, 6) is 1.39. The molecule has 1 aliphatic rings. The van der Waals surface area contributed by atoms with Crippen molar-refractivity contribution in [3.05, 3.63) is 53.6 Å². The molecule has 5 nitrogen and oxygen atoms in total. The maximum atomic E-state index is 13.0. The first-order chi connectivity index (χ1) is 12.8. The lowest BCUT2D eigenvalue weighted by Gasteiger charge is -2.31. The molecule has 0 bridgehead atoms. The molecule has 1 atom stereocenters. The number of nitrogens with zero attached hydrogens (tertiary/aromatic N) is 3. The van der Waals surface area contributed by atoms with Crippen molar-refractivity contribution in [3.63, 3.8) is 0 Å². The van der Waals surface area contributed by atoms with E-state index in [1.807, 2.05) is 23.4 Å². The molecular formula is C22H28N4O. The smallest absolute Gasteiger partial charge is 0.255 e. The van der Waals surface area contributed by atoms with Gasteiger partial charge < -0.3 is 14.5 Å². The molecule has 1 saturated heterocycles. The van der Waals surface area contributed by atoms with E-state index in [0.29, 0.717) is 0 Å². The van der Waals surface area contributed by atoms with Gasteiger partial charge in [0.25, 0.3) is 5.91 Å². The Balaban J connectivity index is 1.54. The first-order valence-electron chi connectivity index (χ1n) is 9.76. The lowest BCUT2D eigenvalue weighted by atomic mass is 9.97. The number of carbonyl (C=O) groups is 1. The molecule has 0 spiro atoms. The van der Waals surface area contributed by atoms with Gasteiger partial charge in [0.15, 0.2) is 0 Å². The van der Waals surface area contributed by atoms with Gasteiger partial charge in [0.05, 0.1) is 16.6 Å². The quantitative estimate of drug-likeness (QED) is 0.730. The standard InChI is InChI=1S/C22H28N4O/c1-15-7-5-9-18-19(15)24-20(23-18)16-8-6-11-25(13-16)21(27)17-10-12-26(14-17)22(2,3)4/h5,7,9-10,12,14,16H,6,8,11,13H2,1-4H3,(H,23,24)/t16-/m0/s1. The zero-order chi connectivity index (χ0) is 19.2. The van der Waals surface area contributed by atoms with Crippen LogP contribution in [0.15, 0.2) is 36.7 Å². The lowest BCUT2D eigenvalue weighted by Crippen LogP contribution is -2.39. The average molecular weight is 364 g/mol. The fourth-order valence-corrected chi connectivity index (χ4v) is 3.90. The number of piperidine rings is 1. The Morgan fingerprint density at radius 3 is 2.78 bits per heavy atom. The van der Waals surface area contributed by atoms with Crippen molar-refractivity contribution in [1.29, 1.82) is 0 Å². The Hall–Kier alpha value is -2.56. The first kappa shape index (κ1) is 17.8. The van der Waals surface area contributed by atoms with Crippen LogP contribution in [0.1, 0.15) is 61.3 Å². The van der Waals surface area contributed by atoms with Crippen LogP contribution in [0.5, 0.6) is 0 Å². The van der Waals surface area contributed by atoms with E-state index in [-0.39, 0.29) is 17.4 Å². The number of carbonyl (C=O) groups excluding carboxylic acids is 1. The van der Waals surface area contributed by atoms with E-state index in [9.17, 15) is 4.79 Å². The molecule has 0 saturated carbocycles. The maximum absolute atomic E-state index is 13.0. The molecule has 1 N–H and O–H groups in total. The van der Waals surface area contributed by atoms with Crippen LogP contribution in [0.3, 0.4) is 0 Å². The van der Waals surface area contributed by atoms with Gasteiger partial charge >= 0.3 is 0 Å². The zero-order valence-corrected chi connectivity index (χ0v) is 16.6. The van der Waals surface area contributed by atoms with Gasteiger partial charge in [-0.25, -0.2) is 4.98 Å². The van der Waals surface area contributed by atoms with Crippen molar-refractivity contribution in [1.82, 2.24) is 19.4 Å². The number of benzene rings is 1. The minimum absolute atomic E-state index is 0.0188. The highest BCUT2D eigenvalue weighted by Crippen LogP contribution is 2.28. The molecule has 4 rings (SSSR count). The summed E-state index contributed by atoms with van der Waals surface area (Å²) in [6.45, 7) is 10.0. The van der Waals surface area contributed by atoms with Crippen LogP contribution >= 0.6 is 0 Å². The van der Waals surface area contributed by atoms with Gasteiger partial charge in [0, 0.05) is 36.9 Å². The van der Waals surface area contributed by atoms with Gasteiger partial charge in [0.2, 0.25) is 0 Å². The second-order valence-electron chi connectivity index (χ2n) is 8.66. The molecule has 0 unspecified atom stereocenters. The SMILES string of the molecule is Cc1cccc2[nH]c([C@H]3CCCN(C(=O)c4ccn(C(C)(C)C)c4)C3)nc12. The topological polar surface area (TPSA) is 53.9 Å². The normalized spacial score (nSPS) is 18.2. The van der Waals surface area contributed by atoms with Crippen molar-refractivity contribution < 1.29 is 4.79 Å². The zero-order valence-electron chi connectivity index (χ0n) is 16.6. The number of para-hydroxylation sites is 1. The average Bonchev–Trinajstić information content (AvgIpc) is 3.29. The number of hydrogen-bond acceptors (Lipinski definition) is 2. The molecule has 27 heavy (non-hydrogen) atoms. The molecule has 3 heterocycles. The Morgan fingerprint density at radius 2 is 2.07 bits per heavy atom. The molecule has 1 fully saturated rings. The van der Waals surface area contributed by atoms with Crippen molar-refractivity contribution in [2.24, 2.45) is 0 Å². The van der Waals surface area contributed by atoms with E-state index in [4.69, 9.17) is 4.98 Å². The summed E-state index contributed by atoms with van der Waals surface area (Å²) in [6.07, 6.45) is 6.03. The predicted octanol–water partition coefficient (Wildman–Crippen LogP) is 4.45. The van der Waals surface area contributed by atoms with Gasteiger partial charge in [-0.3, -0.25) is 4.79 Å². The van der Waals surface area contributed by atoms with Crippen molar-refractivity contribution in [2.45, 2.75) is 52.0 Å². The van der Waals surface area contributed by atoms with E-state index in [1.165, 1.54) is 5.56 Å². The van der Waals surface area contributed by atoms with Gasteiger partial charge in [-0.05, 0) is 58.2 Å². The van der Waals surface area contributed by atoms with Crippen LogP contribution in [0.25, 0.3) is 11.0 Å². The summed E-state index contributed by atoms with van der Waals surface area (Å²) in [5.41, 5.74) is 4.05. The van der Waals surface area contributed by atoms with Gasteiger partial charge in [-0.1, -0.05) is 12.1 Å². The van der Waals surface area contributed by atoms with Crippen molar-refractivity contribution >= 4 is 16.9 Å². The third-order valence-electron chi connectivity index (χ3n) is 5.54. The van der Waals surface area contributed by atoms with Crippen LogP contribution in [-0.2, 0) is 5.54 Å². The van der Waals surface area contributed by atoms with Crippen molar-refractivity contribution in [3.8, 4) is 0 Å². The highest BCUT2D eigenvalue weighted by Gasteiger charge is 2.28. The summed E-state index contributed by atoms with van der Waals surface area (Å²) in [6, 6.07) is 8.14. The lowest BCUT2D eigenvalue weighted by molar-refractivity contribution is 0.0704. The molecule has 3 aromatic rings. The number of nitrogens with one attached hydrogen (secondary N) is 1. The molecule has 5 heteroatoms. The van der Waals surface area contributed by atoms with Crippen LogP contribution in [0.2, 0.25) is 0 Å². The minimum Gasteiger partial charge on any atom is -0.348 e. The van der Waals surface area contributed by atoms with E-state index >= 15 is 0 Å². The summed E-state index contributed by atoms with van der Waals surface area (Å²) < 4.78 is 2.10. The minimum atomic E-state index is -0.0188. The van der Waals surface area contributed by atoms with E-state index in [2.05, 4.69) is 55.4 Å². The number of hydrogen-bond donors (Lipinski definition) is 1. The summed E-state index contributed by atoms with van der Waals surface area (Å²) in [7, 11) is 0. The summed E-state index contributed by atoms with van der Waals surface area (Å²) >= 11 is 0. The molecule has 1 aromatic carbocycles. The third kappa shape index (κ3) is 3.38. The Labute approximate surface area is 160 Å². The van der Waals surface area contributed by atoms with E-state index in [0.717, 1.165) is 48.4 Å². The maximum Gasteiger partial charge on any atom is 0.255 e. The van der Waals surface area contributed by atoms with Crippen LogP contribution in [0, 0.1) is 6.92 Å². The number of aromatic nitrogens is 3. The number of fused-ring (bicyclic) bond motifs is 1. The Bertz CT molecular complexity index is 976. The van der Waals surface area contributed by atoms with Crippen LogP contribution in [-0.4, -0.2) is 38.4 Å².